The minimum atomic E-state index is -4.26. The summed E-state index contributed by atoms with van der Waals surface area (Å²) in [5.74, 6) is -0.532. The van der Waals surface area contributed by atoms with Crippen LogP contribution >= 0.6 is 0 Å². The van der Waals surface area contributed by atoms with Gasteiger partial charge in [0.2, 0.25) is 11.6 Å². The normalized spacial score (nSPS) is 14.6. The fourth-order valence-electron chi connectivity index (χ4n) is 3.41. The average molecular weight is 407 g/mol. The molecule has 160 valence electrons. The Kier molecular flexibility index (Phi) is 12.1. The van der Waals surface area contributed by atoms with Crippen LogP contribution in [-0.2, 0) is 19.6 Å². The molecule has 2 atom stereocenters. The van der Waals surface area contributed by atoms with Gasteiger partial charge >= 0.3 is 16.1 Å². The van der Waals surface area contributed by atoms with Crippen molar-refractivity contribution in [2.45, 2.75) is 96.6 Å². The fraction of sp³-hybridized carbons (Fsp3) is 0.850. The molecule has 1 N–H and O–H groups in total. The first-order valence-corrected chi connectivity index (χ1v) is 11.6. The molecule has 0 amide bonds. The van der Waals surface area contributed by atoms with E-state index in [9.17, 15) is 17.8 Å². The van der Waals surface area contributed by atoms with Crippen LogP contribution in [0.1, 0.15) is 85.0 Å². The highest BCUT2D eigenvalue weighted by atomic mass is 32.2. The number of esters is 1. The van der Waals surface area contributed by atoms with Crippen molar-refractivity contribution in [2.75, 3.05) is 14.1 Å². The van der Waals surface area contributed by atoms with Gasteiger partial charge in [-0.3, -0.25) is 9.04 Å². The third-order valence-corrected chi connectivity index (χ3v) is 6.64. The molecular weight excluding hydrogens is 366 g/mol. The molecule has 0 spiro atoms. The summed E-state index contributed by atoms with van der Waals surface area (Å²) in [6.45, 7) is 9.06. The van der Waals surface area contributed by atoms with Gasteiger partial charge in [0.25, 0.3) is 0 Å². The molecule has 0 aromatic rings. The molecule has 27 heavy (non-hydrogen) atoms. The predicted molar refractivity (Wildman–Crippen MR) is 110 cm³/mol. The lowest BCUT2D eigenvalue weighted by atomic mass is 10.1. The second-order valence-corrected chi connectivity index (χ2v) is 9.48. The number of ether oxygens (including phenoxy) is 1. The molecule has 2 unspecified atom stereocenters. The van der Waals surface area contributed by atoms with Gasteiger partial charge in [-0.25, -0.2) is 4.79 Å². The first kappa shape index (κ1) is 26.1. The minimum Gasteiger partial charge on any atom is -0.409 e. The van der Waals surface area contributed by atoms with E-state index >= 15 is 0 Å². The average Bonchev–Trinajstić information content (AvgIpc) is 2.54. The predicted octanol–water partition coefficient (Wildman–Crippen LogP) is 4.66. The second kappa shape index (κ2) is 12.5. The van der Waals surface area contributed by atoms with Crippen molar-refractivity contribution >= 4 is 16.1 Å². The Morgan fingerprint density at radius 1 is 1.04 bits per heavy atom. The van der Waals surface area contributed by atoms with Gasteiger partial charge in [-0.1, -0.05) is 65.4 Å². The van der Waals surface area contributed by atoms with Gasteiger partial charge in [0.05, 0.1) is 14.1 Å². The lowest BCUT2D eigenvalue weighted by Gasteiger charge is -2.41. The molecule has 0 saturated carbocycles. The summed E-state index contributed by atoms with van der Waals surface area (Å²) in [7, 11) is -0.896. The third-order valence-electron chi connectivity index (χ3n) is 5.07. The van der Waals surface area contributed by atoms with Gasteiger partial charge in [0, 0.05) is 18.4 Å². The minimum absolute atomic E-state index is 0.120. The van der Waals surface area contributed by atoms with Crippen LogP contribution in [0.3, 0.4) is 0 Å². The van der Waals surface area contributed by atoms with Crippen LogP contribution in [0.25, 0.3) is 0 Å². The van der Waals surface area contributed by atoms with Gasteiger partial charge in [-0.05, 0) is 13.3 Å². The van der Waals surface area contributed by atoms with Gasteiger partial charge in [-0.2, -0.15) is 8.42 Å². The highest BCUT2D eigenvalue weighted by molar-refractivity contribution is 7.86. The molecule has 0 aliphatic heterocycles. The number of quaternary nitrogens is 1. The van der Waals surface area contributed by atoms with Crippen molar-refractivity contribution in [1.82, 2.24) is 0 Å². The summed E-state index contributed by atoms with van der Waals surface area (Å²) >= 11 is 0. The maximum Gasteiger partial charge on any atom is 0.337 e. The number of carbonyl (C=O) groups is 1. The van der Waals surface area contributed by atoms with E-state index in [1.54, 1.807) is 27.9 Å². The molecule has 0 fully saturated rings. The highest BCUT2D eigenvalue weighted by Gasteiger charge is 2.44. The van der Waals surface area contributed by atoms with E-state index in [1.807, 2.05) is 0 Å². The van der Waals surface area contributed by atoms with E-state index in [0.717, 1.165) is 19.3 Å². The Bertz CT molecular complexity index is 557. The standard InChI is InChI=1S/C20H39NO5S/c1-7-9-10-11-12-13-14-15-16-18(26-20(22)17(3)4)21(5,6)19(8-2)27(23,24)25/h18-19H,3,7-16H2,1-2,4-6H3/p+1. The largest absolute Gasteiger partial charge is 0.409 e. The van der Waals surface area contributed by atoms with E-state index in [0.29, 0.717) is 6.42 Å². The summed E-state index contributed by atoms with van der Waals surface area (Å²) in [4.78, 5) is 12.1. The van der Waals surface area contributed by atoms with Gasteiger partial charge in [0.1, 0.15) is 0 Å². The molecule has 0 saturated heterocycles. The Balaban J connectivity index is 4.92. The summed E-state index contributed by atoms with van der Waals surface area (Å²) in [5.41, 5.74) is 0.274. The zero-order valence-corrected chi connectivity index (χ0v) is 18.7. The first-order chi connectivity index (χ1) is 12.5. The Hall–Kier alpha value is -0.920. The van der Waals surface area contributed by atoms with Crippen LogP contribution in [-0.4, -0.2) is 49.1 Å². The molecule has 0 radical (unpaired) electrons. The molecule has 0 aromatic heterocycles. The van der Waals surface area contributed by atoms with Crippen LogP contribution < -0.4 is 0 Å². The van der Waals surface area contributed by atoms with Crippen molar-refractivity contribution in [3.63, 3.8) is 0 Å². The molecular formula is C20H40NO5S+. The highest BCUT2D eigenvalue weighted by Crippen LogP contribution is 2.26. The van der Waals surface area contributed by atoms with Crippen molar-refractivity contribution < 1.29 is 27.0 Å². The van der Waals surface area contributed by atoms with Crippen LogP contribution in [0.5, 0.6) is 0 Å². The molecule has 0 aliphatic rings. The fourth-order valence-corrected chi connectivity index (χ4v) is 4.66. The molecule has 0 heterocycles. The second-order valence-electron chi connectivity index (χ2n) is 7.91. The maximum absolute atomic E-state index is 12.1. The summed E-state index contributed by atoms with van der Waals surface area (Å²) in [6, 6.07) is 0. The summed E-state index contributed by atoms with van der Waals surface area (Å²) < 4.78 is 38.7. The van der Waals surface area contributed by atoms with Crippen LogP contribution in [0.4, 0.5) is 0 Å². The van der Waals surface area contributed by atoms with E-state index in [1.165, 1.54) is 32.1 Å². The number of rotatable bonds is 15. The van der Waals surface area contributed by atoms with Crippen LogP contribution in [0.2, 0.25) is 0 Å². The molecule has 7 heteroatoms. The summed E-state index contributed by atoms with van der Waals surface area (Å²) in [6.07, 6.45) is 9.30. The zero-order valence-electron chi connectivity index (χ0n) is 17.9. The summed E-state index contributed by atoms with van der Waals surface area (Å²) in [5, 5.41) is -1.05. The van der Waals surface area contributed by atoms with Gasteiger partial charge in [-0.15, -0.1) is 0 Å². The SMILES string of the molecule is C=C(C)C(=O)OC(CCCCCCCCCC)[N+](C)(C)C(CC)S(=O)(=O)O. The van der Waals surface area contributed by atoms with E-state index in [4.69, 9.17) is 4.74 Å². The first-order valence-electron chi connectivity index (χ1n) is 10.1. The Labute approximate surface area is 166 Å². The number of hydrogen-bond donors (Lipinski definition) is 1. The van der Waals surface area contributed by atoms with E-state index in [2.05, 4.69) is 13.5 Å². The van der Waals surface area contributed by atoms with Crippen molar-refractivity contribution in [3.05, 3.63) is 12.2 Å². The molecule has 0 aliphatic carbocycles. The van der Waals surface area contributed by atoms with E-state index < -0.39 is 27.7 Å². The van der Waals surface area contributed by atoms with Crippen molar-refractivity contribution in [1.29, 1.82) is 0 Å². The monoisotopic (exact) mass is 406 g/mol. The van der Waals surface area contributed by atoms with Crippen LogP contribution in [0, 0.1) is 0 Å². The topological polar surface area (TPSA) is 80.7 Å². The Morgan fingerprint density at radius 3 is 1.93 bits per heavy atom. The van der Waals surface area contributed by atoms with Crippen molar-refractivity contribution in [3.8, 4) is 0 Å². The molecule has 0 rings (SSSR count). The molecule has 0 bridgehead atoms. The van der Waals surface area contributed by atoms with Gasteiger partial charge < -0.3 is 4.74 Å². The number of nitrogens with zero attached hydrogens (tertiary/aromatic N) is 1. The zero-order chi connectivity index (χ0) is 21.1. The smallest absolute Gasteiger partial charge is 0.337 e. The quantitative estimate of drug-likeness (QED) is 0.107. The lowest BCUT2D eigenvalue weighted by Crippen LogP contribution is -2.59. The van der Waals surface area contributed by atoms with Gasteiger partial charge in [0.15, 0.2) is 0 Å². The number of hydrogen-bond acceptors (Lipinski definition) is 4. The molecule has 6 nitrogen and oxygen atoms in total. The number of carbonyl (C=O) groups excluding carboxylic acids is 1. The number of unbranched alkanes of at least 4 members (excludes halogenated alkanes) is 7. The lowest BCUT2D eigenvalue weighted by molar-refractivity contribution is -0.945. The van der Waals surface area contributed by atoms with Crippen molar-refractivity contribution in [2.24, 2.45) is 0 Å². The maximum atomic E-state index is 12.1. The van der Waals surface area contributed by atoms with E-state index in [-0.39, 0.29) is 16.5 Å². The van der Waals surface area contributed by atoms with Crippen LogP contribution in [0.15, 0.2) is 12.2 Å². The molecule has 0 aromatic carbocycles. The Morgan fingerprint density at radius 2 is 1.52 bits per heavy atom. The third kappa shape index (κ3) is 9.72.